The van der Waals surface area contributed by atoms with Crippen LogP contribution in [0.15, 0.2) is 54.8 Å². The summed E-state index contributed by atoms with van der Waals surface area (Å²) in [5, 5.41) is 2.74. The molecule has 19 heavy (non-hydrogen) atoms. The van der Waals surface area contributed by atoms with Gasteiger partial charge >= 0.3 is 6.18 Å². The summed E-state index contributed by atoms with van der Waals surface area (Å²) in [4.78, 5) is 1.65. The molecule has 0 fully saturated rings. The van der Waals surface area contributed by atoms with Crippen molar-refractivity contribution in [2.75, 3.05) is 6.54 Å². The Hall–Kier alpha value is -1.87. The molecule has 0 radical (unpaired) electrons. The van der Waals surface area contributed by atoms with Crippen LogP contribution in [0, 0.1) is 5.92 Å². The number of halogens is 3. The van der Waals surface area contributed by atoms with E-state index in [1.54, 1.807) is 35.7 Å². The Bertz CT molecular complexity index is 413. The largest absolute Gasteiger partial charge is 0.395 e. The van der Waals surface area contributed by atoms with Crippen molar-refractivity contribution < 1.29 is 13.2 Å². The minimum atomic E-state index is -4.23. The Kier molecular flexibility index (Phi) is 6.03. The first-order valence-electron chi connectivity index (χ1n) is 6.04. The molecule has 0 aromatic carbocycles. The van der Waals surface area contributed by atoms with Gasteiger partial charge in [0.25, 0.3) is 0 Å². The molecule has 1 aliphatic rings. The van der Waals surface area contributed by atoms with Crippen LogP contribution >= 0.6 is 0 Å². The van der Waals surface area contributed by atoms with Gasteiger partial charge in [-0.2, -0.15) is 13.2 Å². The minimum Gasteiger partial charge on any atom is -0.391 e. The van der Waals surface area contributed by atoms with Crippen LogP contribution in [0.2, 0.25) is 0 Å². The second-order valence-corrected chi connectivity index (χ2v) is 3.94. The lowest BCUT2D eigenvalue weighted by atomic mass is 10.1. The van der Waals surface area contributed by atoms with E-state index in [2.05, 4.69) is 11.0 Å². The number of rotatable bonds is 6. The second kappa shape index (κ2) is 7.54. The van der Waals surface area contributed by atoms with Crippen LogP contribution in [0.5, 0.6) is 0 Å². The predicted molar refractivity (Wildman–Crippen MR) is 69.8 cm³/mol. The lowest BCUT2D eigenvalue weighted by Crippen LogP contribution is -2.21. The molecule has 0 aliphatic carbocycles. The molecule has 104 valence electrons. The number of alkyl halides is 3. The van der Waals surface area contributed by atoms with Gasteiger partial charge in [0, 0.05) is 18.9 Å². The van der Waals surface area contributed by atoms with Gasteiger partial charge in [0.1, 0.15) is 0 Å². The van der Waals surface area contributed by atoms with Crippen molar-refractivity contribution in [3.63, 3.8) is 0 Å². The Morgan fingerprint density at radius 1 is 1.42 bits per heavy atom. The molecule has 0 bridgehead atoms. The summed E-state index contributed by atoms with van der Waals surface area (Å²) in [6.07, 6.45) is 8.15. The normalized spacial score (nSPS) is 16.7. The van der Waals surface area contributed by atoms with E-state index in [1.165, 1.54) is 12.3 Å². The highest BCUT2D eigenvalue weighted by atomic mass is 19.4. The van der Waals surface area contributed by atoms with Gasteiger partial charge in [-0.15, -0.1) is 5.73 Å². The van der Waals surface area contributed by atoms with Crippen LogP contribution in [-0.4, -0.2) is 17.6 Å². The molecule has 0 spiro atoms. The van der Waals surface area contributed by atoms with E-state index < -0.39 is 12.1 Å². The quantitative estimate of drug-likeness (QED) is 0.740. The zero-order valence-corrected chi connectivity index (χ0v) is 10.7. The van der Waals surface area contributed by atoms with E-state index in [9.17, 15) is 13.2 Å². The SMILES string of the molecule is CCN/C=C/C(C/C=C/N1C=C=CC=C1)C(F)(F)F. The smallest absolute Gasteiger partial charge is 0.391 e. The topological polar surface area (TPSA) is 15.3 Å². The Balaban J connectivity index is 2.55. The van der Waals surface area contributed by atoms with Gasteiger partial charge in [0.05, 0.1) is 12.1 Å². The maximum Gasteiger partial charge on any atom is 0.395 e. The van der Waals surface area contributed by atoms with Crippen LogP contribution < -0.4 is 5.32 Å². The van der Waals surface area contributed by atoms with E-state index in [0.717, 1.165) is 6.08 Å². The third-order valence-corrected chi connectivity index (χ3v) is 2.41. The third kappa shape index (κ3) is 6.02. The molecule has 0 saturated carbocycles. The fraction of sp³-hybridized carbons (Fsp3) is 0.357. The van der Waals surface area contributed by atoms with Crippen LogP contribution in [0.4, 0.5) is 13.2 Å². The molecule has 0 aromatic heterocycles. The molecule has 0 aromatic rings. The maximum atomic E-state index is 12.7. The first-order chi connectivity index (χ1) is 9.04. The number of hydrogen-bond donors (Lipinski definition) is 1. The van der Waals surface area contributed by atoms with E-state index in [4.69, 9.17) is 0 Å². The van der Waals surface area contributed by atoms with Gasteiger partial charge in [0.15, 0.2) is 0 Å². The molecule has 5 heteroatoms. The lowest BCUT2D eigenvalue weighted by molar-refractivity contribution is -0.160. The number of nitrogens with zero attached hydrogens (tertiary/aromatic N) is 1. The molecule has 1 unspecified atom stereocenters. The van der Waals surface area contributed by atoms with Crippen molar-refractivity contribution in [3.8, 4) is 0 Å². The number of nitrogens with one attached hydrogen (secondary N) is 1. The van der Waals surface area contributed by atoms with Crippen molar-refractivity contribution in [2.45, 2.75) is 19.5 Å². The highest BCUT2D eigenvalue weighted by Crippen LogP contribution is 2.30. The van der Waals surface area contributed by atoms with E-state index in [1.807, 2.05) is 6.92 Å². The van der Waals surface area contributed by atoms with Gasteiger partial charge in [-0.1, -0.05) is 12.2 Å². The molecule has 1 aliphatic heterocycles. The summed E-state index contributed by atoms with van der Waals surface area (Å²) < 4.78 is 38.2. The zero-order chi connectivity index (χ0) is 14.1. The van der Waals surface area contributed by atoms with Gasteiger partial charge < -0.3 is 10.2 Å². The maximum absolute atomic E-state index is 12.7. The monoisotopic (exact) mass is 270 g/mol. The van der Waals surface area contributed by atoms with E-state index in [-0.39, 0.29) is 6.42 Å². The molecule has 0 amide bonds. The summed E-state index contributed by atoms with van der Waals surface area (Å²) in [5.41, 5.74) is 2.84. The third-order valence-electron chi connectivity index (χ3n) is 2.41. The van der Waals surface area contributed by atoms with Gasteiger partial charge in [0.2, 0.25) is 0 Å². The fourth-order valence-electron chi connectivity index (χ4n) is 1.42. The van der Waals surface area contributed by atoms with Crippen molar-refractivity contribution in [1.82, 2.24) is 10.2 Å². The summed E-state index contributed by atoms with van der Waals surface area (Å²) in [7, 11) is 0. The van der Waals surface area contributed by atoms with Gasteiger partial charge in [-0.3, -0.25) is 0 Å². The molecule has 2 nitrogen and oxygen atoms in total. The molecule has 0 saturated heterocycles. The van der Waals surface area contributed by atoms with Crippen LogP contribution in [-0.2, 0) is 0 Å². The molecular formula is C14H17F3N2. The summed E-state index contributed by atoms with van der Waals surface area (Å²) >= 11 is 0. The molecule has 1 atom stereocenters. The zero-order valence-electron chi connectivity index (χ0n) is 10.7. The Morgan fingerprint density at radius 2 is 2.21 bits per heavy atom. The highest BCUT2D eigenvalue weighted by Gasteiger charge is 2.36. The Morgan fingerprint density at radius 3 is 2.79 bits per heavy atom. The first-order valence-corrected chi connectivity index (χ1v) is 6.04. The summed E-state index contributed by atoms with van der Waals surface area (Å²) in [6.45, 7) is 2.43. The number of allylic oxidation sites excluding steroid dienone is 4. The summed E-state index contributed by atoms with van der Waals surface area (Å²) in [6, 6.07) is 0. The average Bonchev–Trinajstić information content (AvgIpc) is 2.37. The van der Waals surface area contributed by atoms with Gasteiger partial charge in [-0.25, -0.2) is 0 Å². The van der Waals surface area contributed by atoms with Crippen molar-refractivity contribution >= 4 is 0 Å². The molecule has 1 heterocycles. The Labute approximate surface area is 111 Å². The molecule has 1 rings (SSSR count). The van der Waals surface area contributed by atoms with Crippen molar-refractivity contribution in [3.05, 3.63) is 54.8 Å². The lowest BCUT2D eigenvalue weighted by Gasteiger charge is -2.15. The minimum absolute atomic E-state index is 0.0900. The van der Waals surface area contributed by atoms with Crippen LogP contribution in [0.3, 0.4) is 0 Å². The van der Waals surface area contributed by atoms with Crippen molar-refractivity contribution in [2.24, 2.45) is 5.92 Å². The first kappa shape index (κ1) is 15.2. The molecular weight excluding hydrogens is 253 g/mol. The number of hydrogen-bond acceptors (Lipinski definition) is 2. The van der Waals surface area contributed by atoms with E-state index >= 15 is 0 Å². The highest BCUT2D eigenvalue weighted by molar-refractivity contribution is 5.12. The summed E-state index contributed by atoms with van der Waals surface area (Å²) in [5.74, 6) is -1.48. The second-order valence-electron chi connectivity index (χ2n) is 3.94. The van der Waals surface area contributed by atoms with Crippen LogP contribution in [0.1, 0.15) is 13.3 Å². The average molecular weight is 270 g/mol. The van der Waals surface area contributed by atoms with Crippen molar-refractivity contribution in [1.29, 1.82) is 0 Å². The van der Waals surface area contributed by atoms with E-state index in [0.29, 0.717) is 6.54 Å². The van der Waals surface area contributed by atoms with Gasteiger partial charge in [-0.05, 0) is 31.7 Å². The molecule has 1 N–H and O–H groups in total. The predicted octanol–water partition coefficient (Wildman–Crippen LogP) is 3.69. The standard InChI is InChI=1S/C14H17F3N2/c1-2-18-9-8-13(14(15,16)17)7-6-12-19-10-4-3-5-11-19/h3-4,6,8-13,18H,2,7H2,1H3/b9-8+,12-6+. The van der Waals surface area contributed by atoms with Crippen LogP contribution in [0.25, 0.3) is 0 Å². The fourth-order valence-corrected chi connectivity index (χ4v) is 1.42.